The monoisotopic (exact) mass is 444 g/mol. The van der Waals surface area contributed by atoms with Crippen molar-refractivity contribution in [2.45, 2.75) is 130 Å². The third-order valence-corrected chi connectivity index (χ3v) is 12.2. The molecule has 4 aliphatic carbocycles. The van der Waals surface area contributed by atoms with E-state index in [1.165, 1.54) is 77.0 Å². The van der Waals surface area contributed by atoms with Crippen LogP contribution >= 0.6 is 12.6 Å². The normalized spacial score (nSPS) is 46.0. The number of hydrogen-bond donors (Lipinski definition) is 1. The second-order valence-corrected chi connectivity index (χ2v) is 15.0. The van der Waals surface area contributed by atoms with Crippen molar-refractivity contribution in [1.29, 1.82) is 0 Å². The Hall–Kier alpha value is 0.0900. The summed E-state index contributed by atoms with van der Waals surface area (Å²) in [4.78, 5) is 0. The van der Waals surface area contributed by atoms with Gasteiger partial charge in [-0.05, 0) is 104 Å². The molecular formula is C30H52S. The Balaban J connectivity index is 1.51. The van der Waals surface area contributed by atoms with Crippen LogP contribution < -0.4 is 0 Å². The predicted molar refractivity (Wildman–Crippen MR) is 140 cm³/mol. The summed E-state index contributed by atoms with van der Waals surface area (Å²) in [5.41, 5.74) is 3.47. The van der Waals surface area contributed by atoms with Crippen LogP contribution in [0.2, 0.25) is 0 Å². The van der Waals surface area contributed by atoms with E-state index >= 15 is 0 Å². The van der Waals surface area contributed by atoms with Crippen LogP contribution in [-0.4, -0.2) is 4.75 Å². The zero-order valence-electron chi connectivity index (χ0n) is 21.9. The van der Waals surface area contributed by atoms with E-state index in [0.717, 1.165) is 29.6 Å². The van der Waals surface area contributed by atoms with Crippen molar-refractivity contribution < 1.29 is 0 Å². The topological polar surface area (TPSA) is 0 Å². The van der Waals surface area contributed by atoms with Gasteiger partial charge in [-0.3, -0.25) is 0 Å². The highest BCUT2D eigenvalue weighted by atomic mass is 32.1. The van der Waals surface area contributed by atoms with Crippen molar-refractivity contribution in [2.24, 2.45) is 45.8 Å². The largest absolute Gasteiger partial charge is 0.173 e. The van der Waals surface area contributed by atoms with E-state index in [9.17, 15) is 0 Å². The Bertz CT molecular complexity index is 685. The summed E-state index contributed by atoms with van der Waals surface area (Å²) in [6, 6.07) is 0. The molecule has 31 heavy (non-hydrogen) atoms. The zero-order chi connectivity index (χ0) is 22.7. The van der Waals surface area contributed by atoms with Gasteiger partial charge in [0.05, 0.1) is 0 Å². The number of allylic oxidation sites excluding steroid dienone is 2. The average molecular weight is 445 g/mol. The summed E-state index contributed by atoms with van der Waals surface area (Å²) in [5, 5.41) is 0. The fourth-order valence-corrected chi connectivity index (χ4v) is 9.51. The van der Waals surface area contributed by atoms with Crippen LogP contribution in [0.1, 0.15) is 126 Å². The zero-order valence-corrected chi connectivity index (χ0v) is 22.8. The Labute approximate surface area is 200 Å². The van der Waals surface area contributed by atoms with Crippen molar-refractivity contribution in [3.05, 3.63) is 11.6 Å². The maximum absolute atomic E-state index is 4.78. The average Bonchev–Trinajstić information content (AvgIpc) is 2.98. The van der Waals surface area contributed by atoms with Gasteiger partial charge < -0.3 is 0 Å². The molecule has 0 nitrogen and oxygen atoms in total. The van der Waals surface area contributed by atoms with E-state index in [2.05, 4.69) is 54.5 Å². The van der Waals surface area contributed by atoms with Crippen molar-refractivity contribution in [1.82, 2.24) is 0 Å². The fraction of sp³-hybridized carbons (Fsp3) is 0.933. The molecule has 0 aromatic heterocycles. The third kappa shape index (κ3) is 4.00. The van der Waals surface area contributed by atoms with Crippen LogP contribution in [0.3, 0.4) is 0 Å². The van der Waals surface area contributed by atoms with E-state index in [0.29, 0.717) is 16.2 Å². The lowest BCUT2D eigenvalue weighted by Gasteiger charge is -2.60. The molecule has 1 heteroatoms. The smallest absolute Gasteiger partial charge is 0.00731 e. The second-order valence-electron chi connectivity index (χ2n) is 13.8. The van der Waals surface area contributed by atoms with E-state index in [-0.39, 0.29) is 4.75 Å². The van der Waals surface area contributed by atoms with Crippen LogP contribution in [0.4, 0.5) is 0 Å². The van der Waals surface area contributed by atoms with Crippen molar-refractivity contribution in [3.63, 3.8) is 0 Å². The molecule has 0 aliphatic heterocycles. The molecule has 3 fully saturated rings. The lowest BCUT2D eigenvalue weighted by atomic mass is 9.44. The number of rotatable bonds is 6. The molecule has 0 aromatic rings. The van der Waals surface area contributed by atoms with Gasteiger partial charge >= 0.3 is 0 Å². The number of thiol groups is 1. The summed E-state index contributed by atoms with van der Waals surface area (Å²) >= 11 is 4.78. The van der Waals surface area contributed by atoms with Gasteiger partial charge in [-0.25, -0.2) is 0 Å². The SMILES string of the molecule is CCC1CCC2(C)C(=CCC3[C@@H]2CCC2(C)[C@H]3CC[C@]2(C)[C@@H](C)CCCC(C)(C)S)C1. The highest BCUT2D eigenvalue weighted by Crippen LogP contribution is 2.71. The maximum atomic E-state index is 4.78. The summed E-state index contributed by atoms with van der Waals surface area (Å²) in [7, 11) is 0. The van der Waals surface area contributed by atoms with Crippen molar-refractivity contribution in [3.8, 4) is 0 Å². The minimum atomic E-state index is 0.180. The lowest BCUT2D eigenvalue weighted by Crippen LogP contribution is -2.52. The molecule has 0 heterocycles. The highest BCUT2D eigenvalue weighted by molar-refractivity contribution is 7.81. The van der Waals surface area contributed by atoms with Gasteiger partial charge in [0.1, 0.15) is 0 Å². The maximum Gasteiger partial charge on any atom is 0.00731 e. The van der Waals surface area contributed by atoms with Gasteiger partial charge in [0.25, 0.3) is 0 Å². The molecule has 0 radical (unpaired) electrons. The van der Waals surface area contributed by atoms with Gasteiger partial charge in [-0.15, -0.1) is 0 Å². The molecule has 4 rings (SSSR count). The first-order valence-electron chi connectivity index (χ1n) is 13.9. The Kier molecular flexibility index (Phi) is 6.56. The Morgan fingerprint density at radius 1 is 1.06 bits per heavy atom. The predicted octanol–water partition coefficient (Wildman–Crippen LogP) is 9.50. The minimum Gasteiger partial charge on any atom is -0.173 e. The van der Waals surface area contributed by atoms with Crippen LogP contribution in [-0.2, 0) is 0 Å². The van der Waals surface area contributed by atoms with Gasteiger partial charge in [0.2, 0.25) is 0 Å². The van der Waals surface area contributed by atoms with Crippen LogP contribution in [0, 0.1) is 45.8 Å². The summed E-state index contributed by atoms with van der Waals surface area (Å²) < 4.78 is 0.180. The summed E-state index contributed by atoms with van der Waals surface area (Å²) in [6.45, 7) is 17.7. The van der Waals surface area contributed by atoms with E-state index < -0.39 is 0 Å². The molecule has 4 aliphatic rings. The molecule has 3 saturated carbocycles. The van der Waals surface area contributed by atoms with Gasteiger partial charge in [-0.2, -0.15) is 12.6 Å². The van der Waals surface area contributed by atoms with Crippen LogP contribution in [0.5, 0.6) is 0 Å². The van der Waals surface area contributed by atoms with E-state index in [1.807, 2.05) is 5.57 Å². The minimum absolute atomic E-state index is 0.180. The van der Waals surface area contributed by atoms with Crippen molar-refractivity contribution >= 4 is 12.6 Å². The molecule has 0 N–H and O–H groups in total. The molecule has 0 aromatic carbocycles. The van der Waals surface area contributed by atoms with E-state index in [1.54, 1.807) is 0 Å². The number of fused-ring (bicyclic) bond motifs is 5. The second kappa shape index (κ2) is 8.39. The molecule has 0 saturated heterocycles. The van der Waals surface area contributed by atoms with Gasteiger partial charge in [0, 0.05) is 4.75 Å². The summed E-state index contributed by atoms with van der Waals surface area (Å²) in [5.74, 6) is 4.67. The van der Waals surface area contributed by atoms with Crippen LogP contribution in [0.25, 0.3) is 0 Å². The molecule has 0 spiro atoms. The molecule has 8 atom stereocenters. The Morgan fingerprint density at radius 2 is 1.77 bits per heavy atom. The number of hydrogen-bond acceptors (Lipinski definition) is 1. The molecule has 178 valence electrons. The molecular weight excluding hydrogens is 392 g/mol. The first-order chi connectivity index (χ1) is 14.4. The molecule has 4 unspecified atom stereocenters. The van der Waals surface area contributed by atoms with Gasteiger partial charge in [0.15, 0.2) is 0 Å². The standard InChI is InChI=1S/C30H52S/c1-8-22-13-17-28(5)23(20-22)11-12-24-25(28)14-19-30(7)26(24)15-18-29(30,6)21(2)10-9-16-27(3,4)31/h11,21-22,24-26,31H,8-10,12-20H2,1-7H3/t21-,22?,24?,25-,26-,28?,29+,30?/m0/s1. The first-order valence-corrected chi connectivity index (χ1v) is 14.3. The van der Waals surface area contributed by atoms with Gasteiger partial charge in [-0.1, -0.05) is 79.4 Å². The quantitative estimate of drug-likeness (QED) is 0.306. The Morgan fingerprint density at radius 3 is 2.45 bits per heavy atom. The first kappa shape index (κ1) is 24.2. The molecule has 0 amide bonds. The molecule has 0 bridgehead atoms. The summed E-state index contributed by atoms with van der Waals surface area (Å²) in [6.07, 6.45) is 19.8. The third-order valence-electron chi connectivity index (χ3n) is 12.0. The lowest BCUT2D eigenvalue weighted by molar-refractivity contribution is -0.0867. The van der Waals surface area contributed by atoms with Crippen molar-refractivity contribution in [2.75, 3.05) is 0 Å². The highest BCUT2D eigenvalue weighted by Gasteiger charge is 2.63. The van der Waals surface area contributed by atoms with Crippen LogP contribution in [0.15, 0.2) is 11.6 Å². The van der Waals surface area contributed by atoms with E-state index in [4.69, 9.17) is 12.6 Å². The fourth-order valence-electron chi connectivity index (χ4n) is 9.36.